The first kappa shape index (κ1) is 17.0. The van der Waals surface area contributed by atoms with Crippen LogP contribution in [0.15, 0.2) is 23.6 Å². The van der Waals surface area contributed by atoms with Gasteiger partial charge in [-0.1, -0.05) is 0 Å². The molecule has 0 aliphatic carbocycles. The van der Waals surface area contributed by atoms with Gasteiger partial charge in [0.25, 0.3) is 0 Å². The van der Waals surface area contributed by atoms with Crippen molar-refractivity contribution in [2.24, 2.45) is 0 Å². The van der Waals surface area contributed by atoms with Gasteiger partial charge in [-0.15, -0.1) is 11.3 Å². The zero-order valence-corrected chi connectivity index (χ0v) is 15.4. The second-order valence-corrected chi connectivity index (χ2v) is 7.07. The number of anilines is 1. The molecular formula is C18H21N3O4S. The molecule has 0 unspecified atom stereocenters. The van der Waals surface area contributed by atoms with Crippen LogP contribution < -0.4 is 14.8 Å². The van der Waals surface area contributed by atoms with Gasteiger partial charge in [-0.2, -0.15) is 0 Å². The number of carbonyl (C=O) groups is 1. The van der Waals surface area contributed by atoms with Crippen LogP contribution >= 0.6 is 11.3 Å². The molecule has 0 saturated carbocycles. The lowest BCUT2D eigenvalue weighted by atomic mass is 10.1. The van der Waals surface area contributed by atoms with E-state index in [2.05, 4.69) is 10.3 Å². The normalized spacial score (nSPS) is 16.6. The quantitative estimate of drug-likeness (QED) is 0.881. The highest BCUT2D eigenvalue weighted by Crippen LogP contribution is 2.36. The number of ether oxygens (including phenoxy) is 3. The SMILES string of the molecule is CCOC(=O)N1CCC(Nc2nc(-c3ccc4c(c3)OCO4)cs2)CC1. The van der Waals surface area contributed by atoms with Crippen LogP contribution in [-0.4, -0.2) is 48.5 Å². The van der Waals surface area contributed by atoms with Crippen LogP contribution in [0.5, 0.6) is 11.5 Å². The molecule has 2 aromatic rings. The van der Waals surface area contributed by atoms with Crippen LogP contribution in [0.25, 0.3) is 11.3 Å². The number of rotatable bonds is 4. The molecule has 26 heavy (non-hydrogen) atoms. The zero-order valence-electron chi connectivity index (χ0n) is 14.6. The van der Waals surface area contributed by atoms with Gasteiger partial charge in [-0.25, -0.2) is 9.78 Å². The Morgan fingerprint density at radius 1 is 1.35 bits per heavy atom. The number of amides is 1. The summed E-state index contributed by atoms with van der Waals surface area (Å²) in [6.45, 7) is 3.92. The number of likely N-dealkylation sites (tertiary alicyclic amines) is 1. The minimum atomic E-state index is -0.217. The third-order valence-corrected chi connectivity index (χ3v) is 5.29. The van der Waals surface area contributed by atoms with Crippen LogP contribution in [-0.2, 0) is 4.74 Å². The lowest BCUT2D eigenvalue weighted by Gasteiger charge is -2.31. The van der Waals surface area contributed by atoms with E-state index in [4.69, 9.17) is 14.2 Å². The average molecular weight is 375 g/mol. The van der Waals surface area contributed by atoms with Gasteiger partial charge >= 0.3 is 6.09 Å². The van der Waals surface area contributed by atoms with Gasteiger partial charge in [-0.05, 0) is 38.0 Å². The van der Waals surface area contributed by atoms with Crippen LogP contribution in [0.2, 0.25) is 0 Å². The van der Waals surface area contributed by atoms with Gasteiger partial charge in [0.05, 0.1) is 12.3 Å². The molecule has 1 aromatic carbocycles. The summed E-state index contributed by atoms with van der Waals surface area (Å²) in [7, 11) is 0. The molecule has 1 fully saturated rings. The summed E-state index contributed by atoms with van der Waals surface area (Å²) in [5.41, 5.74) is 1.93. The summed E-state index contributed by atoms with van der Waals surface area (Å²) in [5, 5.41) is 6.42. The molecule has 2 aliphatic rings. The Labute approximate surface area is 155 Å². The van der Waals surface area contributed by atoms with E-state index in [-0.39, 0.29) is 12.9 Å². The number of carbonyl (C=O) groups excluding carboxylic acids is 1. The van der Waals surface area contributed by atoms with E-state index in [0.717, 1.165) is 40.7 Å². The zero-order chi connectivity index (χ0) is 17.9. The molecule has 3 heterocycles. The van der Waals surface area contributed by atoms with Crippen molar-refractivity contribution in [3.8, 4) is 22.8 Å². The maximum Gasteiger partial charge on any atom is 0.409 e. The summed E-state index contributed by atoms with van der Waals surface area (Å²) in [4.78, 5) is 18.2. The number of fused-ring (bicyclic) bond motifs is 1. The van der Waals surface area contributed by atoms with Gasteiger partial charge < -0.3 is 24.4 Å². The fraction of sp³-hybridized carbons (Fsp3) is 0.444. The van der Waals surface area contributed by atoms with Gasteiger partial charge in [0.1, 0.15) is 0 Å². The van der Waals surface area contributed by atoms with Crippen LogP contribution in [0.1, 0.15) is 19.8 Å². The van der Waals surface area contributed by atoms with Crippen molar-refractivity contribution in [1.29, 1.82) is 0 Å². The van der Waals surface area contributed by atoms with Gasteiger partial charge in [0, 0.05) is 30.1 Å². The summed E-state index contributed by atoms with van der Waals surface area (Å²) in [6.07, 6.45) is 1.56. The highest BCUT2D eigenvalue weighted by molar-refractivity contribution is 7.14. The number of piperidine rings is 1. The molecule has 0 bridgehead atoms. The first-order valence-electron chi connectivity index (χ1n) is 8.76. The van der Waals surface area contributed by atoms with Crippen molar-refractivity contribution < 1.29 is 19.0 Å². The van der Waals surface area contributed by atoms with Crippen molar-refractivity contribution in [3.63, 3.8) is 0 Å². The third-order valence-electron chi connectivity index (χ3n) is 4.52. The van der Waals surface area contributed by atoms with E-state index in [1.165, 1.54) is 0 Å². The maximum atomic E-state index is 11.8. The molecule has 4 rings (SSSR count). The summed E-state index contributed by atoms with van der Waals surface area (Å²) in [5.74, 6) is 1.53. The van der Waals surface area contributed by atoms with Crippen molar-refractivity contribution in [1.82, 2.24) is 9.88 Å². The molecule has 1 amide bonds. The van der Waals surface area contributed by atoms with E-state index < -0.39 is 0 Å². The second kappa shape index (κ2) is 7.41. The fourth-order valence-electron chi connectivity index (χ4n) is 3.12. The van der Waals surface area contributed by atoms with Crippen molar-refractivity contribution in [3.05, 3.63) is 23.6 Å². The first-order chi connectivity index (χ1) is 12.7. The molecule has 0 radical (unpaired) electrons. The van der Waals surface area contributed by atoms with Crippen LogP contribution in [0.3, 0.4) is 0 Å². The highest BCUT2D eigenvalue weighted by atomic mass is 32.1. The number of nitrogens with zero attached hydrogens (tertiary/aromatic N) is 2. The first-order valence-corrected chi connectivity index (χ1v) is 9.64. The smallest absolute Gasteiger partial charge is 0.409 e. The monoisotopic (exact) mass is 375 g/mol. The molecule has 138 valence electrons. The molecule has 1 aromatic heterocycles. The minimum absolute atomic E-state index is 0.217. The summed E-state index contributed by atoms with van der Waals surface area (Å²) in [6, 6.07) is 6.18. The largest absolute Gasteiger partial charge is 0.454 e. The Hall–Kier alpha value is -2.48. The number of benzene rings is 1. The number of nitrogens with one attached hydrogen (secondary N) is 1. The number of hydrogen-bond acceptors (Lipinski definition) is 7. The average Bonchev–Trinajstić information content (AvgIpc) is 3.31. The number of aromatic nitrogens is 1. The lowest BCUT2D eigenvalue weighted by Crippen LogP contribution is -2.42. The van der Waals surface area contributed by atoms with Gasteiger partial charge in [0.15, 0.2) is 16.6 Å². The Morgan fingerprint density at radius 3 is 2.96 bits per heavy atom. The molecule has 1 N–H and O–H groups in total. The topological polar surface area (TPSA) is 72.9 Å². The Balaban J connectivity index is 1.35. The molecule has 0 atom stereocenters. The maximum absolute atomic E-state index is 11.8. The highest BCUT2D eigenvalue weighted by Gasteiger charge is 2.24. The molecule has 0 spiro atoms. The second-order valence-electron chi connectivity index (χ2n) is 6.21. The Bertz CT molecular complexity index is 786. The predicted octanol–water partition coefficient (Wildman–Crippen LogP) is 3.57. The molecule has 8 heteroatoms. The van der Waals surface area contributed by atoms with Gasteiger partial charge in [0.2, 0.25) is 6.79 Å². The molecule has 2 aliphatic heterocycles. The number of thiazole rings is 1. The standard InChI is InChI=1S/C18H21N3O4S/c1-2-23-18(22)21-7-5-13(6-8-21)19-17-20-14(10-26-17)12-3-4-15-16(9-12)25-11-24-15/h3-4,9-10,13H,2,5-8,11H2,1H3,(H,19,20). The summed E-state index contributed by atoms with van der Waals surface area (Å²) >= 11 is 1.59. The van der Waals surface area contributed by atoms with Crippen LogP contribution in [0.4, 0.5) is 9.93 Å². The van der Waals surface area contributed by atoms with Gasteiger partial charge in [-0.3, -0.25) is 0 Å². The fourth-order valence-corrected chi connectivity index (χ4v) is 3.92. The van der Waals surface area contributed by atoms with Crippen molar-refractivity contribution >= 4 is 22.6 Å². The third kappa shape index (κ3) is 3.55. The van der Waals surface area contributed by atoms with E-state index in [1.807, 2.05) is 30.5 Å². The van der Waals surface area contributed by atoms with E-state index in [9.17, 15) is 4.79 Å². The molecule has 7 nitrogen and oxygen atoms in total. The van der Waals surface area contributed by atoms with Crippen molar-refractivity contribution in [2.45, 2.75) is 25.8 Å². The van der Waals surface area contributed by atoms with E-state index >= 15 is 0 Å². The lowest BCUT2D eigenvalue weighted by molar-refractivity contribution is 0.0983. The van der Waals surface area contributed by atoms with Crippen molar-refractivity contribution in [2.75, 3.05) is 31.8 Å². The summed E-state index contributed by atoms with van der Waals surface area (Å²) < 4.78 is 15.8. The molecular weight excluding hydrogens is 354 g/mol. The van der Waals surface area contributed by atoms with E-state index in [1.54, 1.807) is 16.2 Å². The van der Waals surface area contributed by atoms with E-state index in [0.29, 0.717) is 25.7 Å². The minimum Gasteiger partial charge on any atom is -0.454 e. The number of hydrogen-bond donors (Lipinski definition) is 1. The Kier molecular flexibility index (Phi) is 4.83. The predicted molar refractivity (Wildman–Crippen MR) is 98.9 cm³/mol. The molecule has 1 saturated heterocycles. The van der Waals surface area contributed by atoms with Crippen LogP contribution in [0, 0.1) is 0 Å². The Morgan fingerprint density at radius 2 is 2.15 bits per heavy atom.